The Bertz CT molecular complexity index is 667. The summed E-state index contributed by atoms with van der Waals surface area (Å²) in [7, 11) is 1.59. The first-order chi connectivity index (χ1) is 11.6. The van der Waals surface area contributed by atoms with Crippen molar-refractivity contribution in [3.63, 3.8) is 0 Å². The van der Waals surface area contributed by atoms with E-state index in [4.69, 9.17) is 21.1 Å². The molecule has 2 rings (SSSR count). The zero-order chi connectivity index (χ0) is 17.4. The van der Waals surface area contributed by atoms with Crippen LogP contribution in [-0.2, 0) is 4.74 Å². The van der Waals surface area contributed by atoms with Crippen LogP contribution in [0.25, 0.3) is 0 Å². The lowest BCUT2D eigenvalue weighted by molar-refractivity contribution is 0.146. The van der Waals surface area contributed by atoms with E-state index in [1.165, 1.54) is 0 Å². The monoisotopic (exact) mass is 349 g/mol. The van der Waals surface area contributed by atoms with Crippen LogP contribution < -0.4 is 15.4 Å². The number of benzene rings is 1. The molecule has 1 aromatic heterocycles. The van der Waals surface area contributed by atoms with Crippen LogP contribution in [0.15, 0.2) is 42.7 Å². The standard InChI is InChI=1S/C17H20ClN3O3/c1-12(13-5-4-8-19-11-13)20-17(22)21-15-7-3-6-14(18)16(15)24-10-9-23-2/h3-8,11-12H,9-10H2,1-2H3,(H2,20,21,22). The van der Waals surface area contributed by atoms with Crippen molar-refractivity contribution < 1.29 is 14.3 Å². The quantitative estimate of drug-likeness (QED) is 0.748. The molecule has 1 atom stereocenters. The van der Waals surface area contributed by atoms with Crippen molar-refractivity contribution in [3.05, 3.63) is 53.3 Å². The fourth-order valence-electron chi connectivity index (χ4n) is 2.05. The van der Waals surface area contributed by atoms with E-state index in [1.807, 2.05) is 19.1 Å². The third-order valence-electron chi connectivity index (χ3n) is 3.28. The van der Waals surface area contributed by atoms with Gasteiger partial charge in [0, 0.05) is 19.5 Å². The molecule has 128 valence electrons. The minimum absolute atomic E-state index is 0.184. The molecule has 24 heavy (non-hydrogen) atoms. The summed E-state index contributed by atoms with van der Waals surface area (Å²) in [6.07, 6.45) is 3.40. The molecule has 0 aliphatic heterocycles. The fourth-order valence-corrected chi connectivity index (χ4v) is 2.28. The normalized spacial score (nSPS) is 11.6. The summed E-state index contributed by atoms with van der Waals surface area (Å²) in [4.78, 5) is 16.3. The Morgan fingerprint density at radius 2 is 2.12 bits per heavy atom. The van der Waals surface area contributed by atoms with Crippen LogP contribution in [0.2, 0.25) is 5.02 Å². The van der Waals surface area contributed by atoms with Crippen molar-refractivity contribution in [3.8, 4) is 5.75 Å². The summed E-state index contributed by atoms with van der Waals surface area (Å²) < 4.78 is 10.5. The fraction of sp³-hybridized carbons (Fsp3) is 0.294. The maximum absolute atomic E-state index is 12.2. The molecule has 2 N–H and O–H groups in total. The average molecular weight is 350 g/mol. The lowest BCUT2D eigenvalue weighted by Gasteiger charge is -2.17. The van der Waals surface area contributed by atoms with E-state index in [1.54, 1.807) is 37.7 Å². The summed E-state index contributed by atoms with van der Waals surface area (Å²) >= 11 is 6.15. The number of para-hydroxylation sites is 1. The number of nitrogens with one attached hydrogen (secondary N) is 2. The molecular weight excluding hydrogens is 330 g/mol. The van der Waals surface area contributed by atoms with Crippen LogP contribution in [0.4, 0.5) is 10.5 Å². The second kappa shape index (κ2) is 9.10. The zero-order valence-corrected chi connectivity index (χ0v) is 14.3. The van der Waals surface area contributed by atoms with E-state index in [9.17, 15) is 4.79 Å². The maximum atomic E-state index is 12.2. The van der Waals surface area contributed by atoms with Crippen LogP contribution in [0.5, 0.6) is 5.75 Å². The minimum Gasteiger partial charge on any atom is -0.487 e. The summed E-state index contributed by atoms with van der Waals surface area (Å²) in [6.45, 7) is 2.64. The molecule has 1 heterocycles. The predicted molar refractivity (Wildman–Crippen MR) is 93.6 cm³/mol. The van der Waals surface area contributed by atoms with Gasteiger partial charge in [-0.2, -0.15) is 0 Å². The van der Waals surface area contributed by atoms with E-state index < -0.39 is 0 Å². The average Bonchev–Trinajstić information content (AvgIpc) is 2.58. The molecule has 6 nitrogen and oxygen atoms in total. The molecule has 0 aliphatic rings. The molecule has 0 aliphatic carbocycles. The van der Waals surface area contributed by atoms with Gasteiger partial charge in [0.05, 0.1) is 23.4 Å². The van der Waals surface area contributed by atoms with E-state index in [0.717, 1.165) is 5.56 Å². The number of pyridine rings is 1. The van der Waals surface area contributed by atoms with E-state index >= 15 is 0 Å². The van der Waals surface area contributed by atoms with Gasteiger partial charge in [-0.1, -0.05) is 23.7 Å². The smallest absolute Gasteiger partial charge is 0.319 e. The van der Waals surface area contributed by atoms with Gasteiger partial charge in [-0.15, -0.1) is 0 Å². The number of ether oxygens (including phenoxy) is 2. The Labute approximate surface area is 146 Å². The number of urea groups is 1. The number of hydrogen-bond acceptors (Lipinski definition) is 4. The second-order valence-corrected chi connectivity index (χ2v) is 5.47. The van der Waals surface area contributed by atoms with E-state index in [2.05, 4.69) is 15.6 Å². The summed E-state index contributed by atoms with van der Waals surface area (Å²) in [6, 6.07) is 8.35. The highest BCUT2D eigenvalue weighted by atomic mass is 35.5. The van der Waals surface area contributed by atoms with Gasteiger partial charge in [-0.05, 0) is 30.7 Å². The third kappa shape index (κ3) is 5.11. The molecule has 1 aromatic carbocycles. The van der Waals surface area contributed by atoms with Gasteiger partial charge in [0.1, 0.15) is 6.61 Å². The first-order valence-corrected chi connectivity index (χ1v) is 7.87. The van der Waals surface area contributed by atoms with Crippen molar-refractivity contribution in [2.24, 2.45) is 0 Å². The number of amides is 2. The van der Waals surface area contributed by atoms with Gasteiger partial charge >= 0.3 is 6.03 Å². The van der Waals surface area contributed by atoms with Gasteiger partial charge in [0.2, 0.25) is 0 Å². The number of carbonyl (C=O) groups excluding carboxylic acids is 1. The molecule has 7 heteroatoms. The first-order valence-electron chi connectivity index (χ1n) is 7.49. The number of anilines is 1. The van der Waals surface area contributed by atoms with Crippen LogP contribution in [-0.4, -0.2) is 31.3 Å². The Hall–Kier alpha value is -2.31. The lowest BCUT2D eigenvalue weighted by Crippen LogP contribution is -2.31. The SMILES string of the molecule is COCCOc1c(Cl)cccc1NC(=O)NC(C)c1cccnc1. The number of hydrogen-bond donors (Lipinski definition) is 2. The summed E-state index contributed by atoms with van der Waals surface area (Å²) in [5.74, 6) is 0.417. The summed E-state index contributed by atoms with van der Waals surface area (Å²) in [5.41, 5.74) is 1.41. The molecule has 0 fully saturated rings. The Morgan fingerprint density at radius 1 is 1.29 bits per heavy atom. The molecule has 0 bridgehead atoms. The molecule has 0 spiro atoms. The number of nitrogens with zero attached hydrogens (tertiary/aromatic N) is 1. The number of carbonyl (C=O) groups is 1. The van der Waals surface area contributed by atoms with Gasteiger partial charge in [-0.25, -0.2) is 4.79 Å². The van der Waals surface area contributed by atoms with Crippen LogP contribution in [0.3, 0.4) is 0 Å². The topological polar surface area (TPSA) is 72.5 Å². The van der Waals surface area contributed by atoms with Gasteiger partial charge < -0.3 is 20.1 Å². The molecule has 1 unspecified atom stereocenters. The van der Waals surface area contributed by atoms with Crippen molar-refractivity contribution in [1.29, 1.82) is 0 Å². The zero-order valence-electron chi connectivity index (χ0n) is 13.6. The molecule has 0 saturated heterocycles. The Morgan fingerprint density at radius 3 is 2.83 bits per heavy atom. The first kappa shape index (κ1) is 18.0. The lowest BCUT2D eigenvalue weighted by atomic mass is 10.1. The van der Waals surface area contributed by atoms with E-state index in [0.29, 0.717) is 29.7 Å². The number of rotatable bonds is 7. The van der Waals surface area contributed by atoms with Gasteiger partial charge in [-0.3, -0.25) is 4.98 Å². The van der Waals surface area contributed by atoms with Crippen molar-refractivity contribution in [2.75, 3.05) is 25.6 Å². The van der Waals surface area contributed by atoms with Crippen LogP contribution in [0.1, 0.15) is 18.5 Å². The molecule has 0 radical (unpaired) electrons. The molecule has 0 saturated carbocycles. The largest absolute Gasteiger partial charge is 0.487 e. The van der Waals surface area contributed by atoms with Crippen molar-refractivity contribution in [2.45, 2.75) is 13.0 Å². The van der Waals surface area contributed by atoms with Crippen LogP contribution >= 0.6 is 11.6 Å². The molecule has 2 amide bonds. The minimum atomic E-state index is -0.356. The highest BCUT2D eigenvalue weighted by Gasteiger charge is 2.14. The summed E-state index contributed by atoms with van der Waals surface area (Å²) in [5, 5.41) is 6.02. The predicted octanol–water partition coefficient (Wildman–Crippen LogP) is 3.64. The Balaban J connectivity index is 2.02. The Kier molecular flexibility index (Phi) is 6.84. The van der Waals surface area contributed by atoms with Crippen molar-refractivity contribution in [1.82, 2.24) is 10.3 Å². The van der Waals surface area contributed by atoms with Crippen molar-refractivity contribution >= 4 is 23.3 Å². The second-order valence-electron chi connectivity index (χ2n) is 5.06. The highest BCUT2D eigenvalue weighted by molar-refractivity contribution is 6.32. The maximum Gasteiger partial charge on any atom is 0.319 e. The number of methoxy groups -OCH3 is 1. The molecular formula is C17H20ClN3O3. The number of halogens is 1. The van der Waals surface area contributed by atoms with Gasteiger partial charge in [0.25, 0.3) is 0 Å². The van der Waals surface area contributed by atoms with E-state index in [-0.39, 0.29) is 12.1 Å². The molecule has 2 aromatic rings. The third-order valence-corrected chi connectivity index (χ3v) is 3.58. The van der Waals surface area contributed by atoms with Crippen LogP contribution in [0, 0.1) is 0 Å². The highest BCUT2D eigenvalue weighted by Crippen LogP contribution is 2.32. The number of aromatic nitrogens is 1. The van der Waals surface area contributed by atoms with Gasteiger partial charge in [0.15, 0.2) is 5.75 Å².